The van der Waals surface area contributed by atoms with E-state index in [0.29, 0.717) is 16.3 Å². The fourth-order valence-corrected chi connectivity index (χ4v) is 1.17. The Kier molecular flexibility index (Phi) is 2.67. The van der Waals surface area contributed by atoms with Crippen molar-refractivity contribution >= 4 is 30.0 Å². The van der Waals surface area contributed by atoms with Crippen LogP contribution in [0.3, 0.4) is 0 Å². The lowest BCUT2D eigenvalue weighted by Crippen LogP contribution is -2.05. The summed E-state index contributed by atoms with van der Waals surface area (Å²) in [6.07, 6.45) is 0. The molecule has 1 rings (SSSR count). The lowest BCUT2D eigenvalue weighted by molar-refractivity contribution is 0.0597. The number of thiol groups is 1. The molecule has 70 valence electrons. The van der Waals surface area contributed by atoms with E-state index in [1.54, 1.807) is 0 Å². The molecule has 0 bridgehead atoms. The third-order valence-electron chi connectivity index (χ3n) is 1.57. The predicted octanol–water partition coefficient (Wildman–Crippen LogP) is 0.926. The van der Waals surface area contributed by atoms with Crippen LogP contribution in [0.1, 0.15) is 10.4 Å². The molecule has 0 aliphatic carbocycles. The number of hydrogen-bond acceptors (Lipinski definition) is 5. The van der Waals surface area contributed by atoms with Gasteiger partial charge in [0, 0.05) is 16.3 Å². The largest absolute Gasteiger partial charge is 0.465 e. The van der Waals surface area contributed by atoms with Crippen molar-refractivity contribution in [1.82, 2.24) is 0 Å². The van der Waals surface area contributed by atoms with Crippen LogP contribution in [0.25, 0.3) is 0 Å². The minimum Gasteiger partial charge on any atom is -0.465 e. The minimum atomic E-state index is -0.496. The van der Waals surface area contributed by atoms with Crippen LogP contribution in [0.2, 0.25) is 0 Å². The Morgan fingerprint density at radius 3 is 2.62 bits per heavy atom. The van der Waals surface area contributed by atoms with Gasteiger partial charge in [-0.05, 0) is 12.1 Å². The van der Waals surface area contributed by atoms with Crippen LogP contribution in [-0.2, 0) is 4.74 Å². The summed E-state index contributed by atoms with van der Waals surface area (Å²) in [7, 11) is 1.29. The van der Waals surface area contributed by atoms with Crippen molar-refractivity contribution in [3.8, 4) is 0 Å². The molecule has 0 spiro atoms. The molecule has 0 saturated heterocycles. The fraction of sp³-hybridized carbons (Fsp3) is 0.125. The van der Waals surface area contributed by atoms with E-state index in [2.05, 4.69) is 17.4 Å². The van der Waals surface area contributed by atoms with E-state index < -0.39 is 5.97 Å². The topological polar surface area (TPSA) is 78.3 Å². The second-order valence-electron chi connectivity index (χ2n) is 2.50. The fourth-order valence-electron chi connectivity index (χ4n) is 0.946. The lowest BCUT2D eigenvalue weighted by Gasteiger charge is -2.06. The minimum absolute atomic E-state index is 0.281. The number of ether oxygens (including phenoxy) is 1. The van der Waals surface area contributed by atoms with E-state index in [4.69, 9.17) is 11.5 Å². The smallest absolute Gasteiger partial charge is 0.339 e. The summed E-state index contributed by atoms with van der Waals surface area (Å²) in [6.45, 7) is 0. The number of benzene rings is 1. The van der Waals surface area contributed by atoms with Gasteiger partial charge >= 0.3 is 5.97 Å². The molecule has 4 nitrogen and oxygen atoms in total. The standard InChI is InChI=1S/C8H10N2O2S/c1-12-8(11)5-2-4(9)3-6(10)7(5)13/h2-3,13H,9-10H2,1H3. The number of methoxy groups -OCH3 is 1. The van der Waals surface area contributed by atoms with Crippen molar-refractivity contribution in [3.63, 3.8) is 0 Å². The average Bonchev–Trinajstić information content (AvgIpc) is 2.10. The van der Waals surface area contributed by atoms with Gasteiger partial charge in [-0.1, -0.05) is 0 Å². The first-order valence-corrected chi connectivity index (χ1v) is 3.97. The van der Waals surface area contributed by atoms with E-state index in [0.717, 1.165) is 0 Å². The summed E-state index contributed by atoms with van der Waals surface area (Å²) in [4.78, 5) is 11.5. The van der Waals surface area contributed by atoms with Crippen LogP contribution in [-0.4, -0.2) is 13.1 Å². The van der Waals surface area contributed by atoms with E-state index in [9.17, 15) is 4.79 Å². The molecule has 0 radical (unpaired) electrons. The third-order valence-corrected chi connectivity index (χ3v) is 2.07. The summed E-state index contributed by atoms with van der Waals surface area (Å²) in [5.41, 5.74) is 12.1. The Hall–Kier alpha value is -1.36. The number of hydrogen-bond donors (Lipinski definition) is 3. The van der Waals surface area contributed by atoms with Crippen molar-refractivity contribution in [2.24, 2.45) is 0 Å². The summed E-state index contributed by atoms with van der Waals surface area (Å²) in [5.74, 6) is -0.496. The molecule has 0 aliphatic heterocycles. The quantitative estimate of drug-likeness (QED) is 0.356. The molecule has 0 unspecified atom stereocenters. The van der Waals surface area contributed by atoms with Gasteiger partial charge in [0.05, 0.1) is 12.7 Å². The van der Waals surface area contributed by atoms with Gasteiger partial charge < -0.3 is 16.2 Å². The zero-order valence-electron chi connectivity index (χ0n) is 7.07. The van der Waals surface area contributed by atoms with Gasteiger partial charge in [-0.2, -0.15) is 0 Å². The van der Waals surface area contributed by atoms with Gasteiger partial charge in [0.25, 0.3) is 0 Å². The summed E-state index contributed by atoms with van der Waals surface area (Å²) < 4.78 is 4.53. The molecular formula is C8H10N2O2S. The van der Waals surface area contributed by atoms with Crippen LogP contribution in [0.5, 0.6) is 0 Å². The summed E-state index contributed by atoms with van der Waals surface area (Å²) >= 11 is 4.07. The molecule has 0 saturated carbocycles. The van der Waals surface area contributed by atoms with E-state index in [1.165, 1.54) is 19.2 Å². The number of esters is 1. The maximum Gasteiger partial charge on any atom is 0.339 e. The molecule has 0 amide bonds. The monoisotopic (exact) mass is 198 g/mol. The SMILES string of the molecule is COC(=O)c1cc(N)cc(N)c1S. The molecule has 1 aromatic carbocycles. The highest BCUT2D eigenvalue weighted by Crippen LogP contribution is 2.25. The third kappa shape index (κ3) is 1.86. The van der Waals surface area contributed by atoms with Crippen molar-refractivity contribution in [3.05, 3.63) is 17.7 Å². The molecule has 0 fully saturated rings. The molecule has 0 heterocycles. The number of anilines is 2. The van der Waals surface area contributed by atoms with Crippen LogP contribution in [0.4, 0.5) is 11.4 Å². The predicted molar refractivity (Wildman–Crippen MR) is 53.9 cm³/mol. The van der Waals surface area contributed by atoms with Crippen LogP contribution >= 0.6 is 12.6 Å². The number of rotatable bonds is 1. The molecular weight excluding hydrogens is 188 g/mol. The Bertz CT molecular complexity index is 352. The first-order chi connectivity index (χ1) is 6.06. The Balaban J connectivity index is 3.28. The van der Waals surface area contributed by atoms with Gasteiger partial charge in [-0.15, -0.1) is 12.6 Å². The van der Waals surface area contributed by atoms with Crippen molar-refractivity contribution < 1.29 is 9.53 Å². The maximum absolute atomic E-state index is 11.2. The molecule has 0 aromatic heterocycles. The zero-order valence-corrected chi connectivity index (χ0v) is 7.97. The lowest BCUT2D eigenvalue weighted by atomic mass is 10.2. The van der Waals surface area contributed by atoms with Crippen LogP contribution in [0, 0.1) is 0 Å². The second kappa shape index (κ2) is 3.57. The zero-order chi connectivity index (χ0) is 10.0. The maximum atomic E-state index is 11.2. The number of nitrogen functional groups attached to an aromatic ring is 2. The van der Waals surface area contributed by atoms with Crippen molar-refractivity contribution in [2.75, 3.05) is 18.6 Å². The van der Waals surface area contributed by atoms with Crippen molar-refractivity contribution in [1.29, 1.82) is 0 Å². The first-order valence-electron chi connectivity index (χ1n) is 3.52. The number of carbonyl (C=O) groups is 1. The van der Waals surface area contributed by atoms with E-state index in [1.807, 2.05) is 0 Å². The number of nitrogens with two attached hydrogens (primary N) is 2. The van der Waals surface area contributed by atoms with Gasteiger partial charge in [0.1, 0.15) is 0 Å². The van der Waals surface area contributed by atoms with E-state index >= 15 is 0 Å². The van der Waals surface area contributed by atoms with Gasteiger partial charge in [0.2, 0.25) is 0 Å². The first kappa shape index (κ1) is 9.73. The molecule has 0 aliphatic rings. The van der Waals surface area contributed by atoms with Gasteiger partial charge in [-0.25, -0.2) is 4.79 Å². The van der Waals surface area contributed by atoms with Gasteiger partial charge in [-0.3, -0.25) is 0 Å². The molecule has 4 N–H and O–H groups in total. The van der Waals surface area contributed by atoms with Crippen LogP contribution in [0.15, 0.2) is 17.0 Å². The molecule has 0 atom stereocenters. The van der Waals surface area contributed by atoms with Crippen LogP contribution < -0.4 is 11.5 Å². The summed E-state index contributed by atoms with van der Waals surface area (Å²) in [5, 5.41) is 0. The Morgan fingerprint density at radius 1 is 1.46 bits per heavy atom. The Labute approximate surface area is 81.3 Å². The summed E-state index contributed by atoms with van der Waals surface area (Å²) in [6, 6.07) is 3.01. The normalized spacial score (nSPS) is 9.69. The highest BCUT2D eigenvalue weighted by molar-refractivity contribution is 7.80. The molecule has 1 aromatic rings. The Morgan fingerprint density at radius 2 is 2.08 bits per heavy atom. The van der Waals surface area contributed by atoms with Gasteiger partial charge in [0.15, 0.2) is 0 Å². The second-order valence-corrected chi connectivity index (χ2v) is 2.95. The highest BCUT2D eigenvalue weighted by Gasteiger charge is 2.12. The van der Waals surface area contributed by atoms with E-state index in [-0.39, 0.29) is 5.56 Å². The average molecular weight is 198 g/mol. The van der Waals surface area contributed by atoms with Crippen molar-refractivity contribution in [2.45, 2.75) is 4.90 Å². The highest BCUT2D eigenvalue weighted by atomic mass is 32.1. The molecule has 13 heavy (non-hydrogen) atoms. The number of carbonyl (C=O) groups excluding carboxylic acids is 1. The molecule has 5 heteroatoms.